The van der Waals surface area contributed by atoms with Gasteiger partial charge in [-0.25, -0.2) is 0 Å². The molecule has 0 aliphatic rings. The quantitative estimate of drug-likeness (QED) is 0.738. The number of aromatic hydroxyl groups is 1. The molecule has 0 saturated carbocycles. The van der Waals surface area contributed by atoms with Crippen molar-refractivity contribution in [2.75, 3.05) is 20.7 Å². The number of aromatic amines is 1. The van der Waals surface area contributed by atoms with Crippen LogP contribution in [0.25, 0.3) is 10.9 Å². The van der Waals surface area contributed by atoms with Crippen LogP contribution < -0.4 is 4.74 Å². The highest BCUT2D eigenvalue weighted by Crippen LogP contribution is 2.37. The number of nitrogens with one attached hydrogen (secondary N) is 1. The van der Waals surface area contributed by atoms with E-state index < -0.39 is 0 Å². The third-order valence-corrected chi connectivity index (χ3v) is 4.37. The zero-order valence-corrected chi connectivity index (χ0v) is 14.6. The van der Waals surface area contributed by atoms with E-state index >= 15 is 0 Å². The molecule has 24 heavy (non-hydrogen) atoms. The van der Waals surface area contributed by atoms with Gasteiger partial charge < -0.3 is 14.8 Å². The van der Waals surface area contributed by atoms with Crippen LogP contribution in [0.15, 0.2) is 42.6 Å². The van der Waals surface area contributed by atoms with Crippen LogP contribution in [-0.4, -0.2) is 35.7 Å². The predicted octanol–water partition coefficient (Wildman–Crippen LogP) is 4.23. The van der Waals surface area contributed by atoms with Gasteiger partial charge in [-0.05, 0) is 56.8 Å². The summed E-state index contributed by atoms with van der Waals surface area (Å²) in [5.41, 5.74) is 4.70. The monoisotopic (exact) mass is 324 g/mol. The molecule has 4 heteroatoms. The van der Waals surface area contributed by atoms with Gasteiger partial charge in [0, 0.05) is 17.1 Å². The molecule has 2 N–H and O–H groups in total. The topological polar surface area (TPSA) is 48.5 Å². The molecule has 0 aliphatic heterocycles. The molecule has 3 rings (SSSR count). The lowest BCUT2D eigenvalue weighted by atomic mass is 9.96. The van der Waals surface area contributed by atoms with Crippen LogP contribution in [0.4, 0.5) is 0 Å². The van der Waals surface area contributed by atoms with Crippen LogP contribution in [0.5, 0.6) is 11.5 Å². The van der Waals surface area contributed by atoms with Crippen LogP contribution in [-0.2, 0) is 0 Å². The lowest BCUT2D eigenvalue weighted by Gasteiger charge is -2.25. The van der Waals surface area contributed by atoms with Crippen LogP contribution in [0.3, 0.4) is 0 Å². The number of nitrogens with zero attached hydrogens (tertiary/aromatic N) is 1. The van der Waals surface area contributed by atoms with Crippen LogP contribution >= 0.6 is 0 Å². The number of para-hydroxylation sites is 1. The molecule has 1 aromatic heterocycles. The van der Waals surface area contributed by atoms with Gasteiger partial charge in [0.15, 0.2) is 11.5 Å². The molecule has 126 valence electrons. The smallest absolute Gasteiger partial charge is 0.161 e. The standard InChI is InChI=1S/C20H24N2O2/c1-5-24-18-11-14(9-10-17(18)23)20(22(3)4)16-12-21-19-13(2)7-6-8-15(16)19/h6-12,20-21,23H,5H2,1-4H3. The minimum atomic E-state index is 0.0698. The van der Waals surface area contributed by atoms with E-state index in [4.69, 9.17) is 4.74 Å². The Balaban J connectivity index is 2.13. The summed E-state index contributed by atoms with van der Waals surface area (Å²) in [6.45, 7) is 4.55. The van der Waals surface area contributed by atoms with E-state index in [1.54, 1.807) is 6.07 Å². The summed E-state index contributed by atoms with van der Waals surface area (Å²) >= 11 is 0. The van der Waals surface area contributed by atoms with Crippen molar-refractivity contribution < 1.29 is 9.84 Å². The predicted molar refractivity (Wildman–Crippen MR) is 97.8 cm³/mol. The summed E-state index contributed by atoms with van der Waals surface area (Å²) < 4.78 is 5.55. The number of hydrogen-bond donors (Lipinski definition) is 2. The van der Waals surface area contributed by atoms with E-state index in [0.29, 0.717) is 12.4 Å². The van der Waals surface area contributed by atoms with Gasteiger partial charge >= 0.3 is 0 Å². The number of hydrogen-bond acceptors (Lipinski definition) is 3. The van der Waals surface area contributed by atoms with E-state index in [2.05, 4.69) is 55.3 Å². The molecule has 0 radical (unpaired) electrons. The third-order valence-electron chi connectivity index (χ3n) is 4.37. The van der Waals surface area contributed by atoms with Crippen molar-refractivity contribution in [2.24, 2.45) is 0 Å². The summed E-state index contributed by atoms with van der Waals surface area (Å²) in [4.78, 5) is 5.58. The second-order valence-electron chi connectivity index (χ2n) is 6.27. The first-order chi connectivity index (χ1) is 11.5. The van der Waals surface area contributed by atoms with Crippen molar-refractivity contribution in [1.29, 1.82) is 0 Å². The first-order valence-electron chi connectivity index (χ1n) is 8.21. The normalized spacial score (nSPS) is 12.7. The first kappa shape index (κ1) is 16.4. The van der Waals surface area contributed by atoms with Gasteiger partial charge in [0.1, 0.15) is 0 Å². The van der Waals surface area contributed by atoms with Crippen molar-refractivity contribution in [3.63, 3.8) is 0 Å². The van der Waals surface area contributed by atoms with Crippen molar-refractivity contribution in [3.8, 4) is 11.5 Å². The van der Waals surface area contributed by atoms with E-state index in [-0.39, 0.29) is 11.8 Å². The summed E-state index contributed by atoms with van der Waals surface area (Å²) in [5, 5.41) is 11.2. The summed E-state index contributed by atoms with van der Waals surface area (Å²) in [5.74, 6) is 0.700. The maximum absolute atomic E-state index is 9.98. The Morgan fingerprint density at radius 1 is 1.21 bits per heavy atom. The third kappa shape index (κ3) is 2.85. The van der Waals surface area contributed by atoms with Gasteiger partial charge in [-0.2, -0.15) is 0 Å². The molecular weight excluding hydrogens is 300 g/mol. The van der Waals surface area contributed by atoms with Gasteiger partial charge in [-0.15, -0.1) is 0 Å². The first-order valence-corrected chi connectivity index (χ1v) is 8.21. The largest absolute Gasteiger partial charge is 0.504 e. The fourth-order valence-corrected chi connectivity index (χ4v) is 3.28. The molecule has 4 nitrogen and oxygen atoms in total. The molecule has 0 aliphatic carbocycles. The SMILES string of the molecule is CCOc1cc(C(c2c[nH]c3c(C)cccc23)N(C)C)ccc1O. The summed E-state index contributed by atoms with van der Waals surface area (Å²) in [6.07, 6.45) is 2.08. The van der Waals surface area contributed by atoms with Crippen molar-refractivity contribution in [2.45, 2.75) is 19.9 Å². The average molecular weight is 324 g/mol. The molecule has 3 aromatic rings. The fraction of sp³-hybridized carbons (Fsp3) is 0.300. The molecule has 0 bridgehead atoms. The number of aryl methyl sites for hydroxylation is 1. The number of ether oxygens (including phenoxy) is 1. The highest BCUT2D eigenvalue weighted by molar-refractivity contribution is 5.86. The Bertz CT molecular complexity index is 852. The van der Waals surface area contributed by atoms with Crippen molar-refractivity contribution in [1.82, 2.24) is 9.88 Å². The Morgan fingerprint density at radius 2 is 2.00 bits per heavy atom. The van der Waals surface area contributed by atoms with E-state index in [9.17, 15) is 5.11 Å². The Morgan fingerprint density at radius 3 is 2.71 bits per heavy atom. The minimum Gasteiger partial charge on any atom is -0.504 e. The van der Waals surface area contributed by atoms with Crippen LogP contribution in [0.1, 0.15) is 29.7 Å². The highest BCUT2D eigenvalue weighted by Gasteiger charge is 2.22. The van der Waals surface area contributed by atoms with Crippen molar-refractivity contribution in [3.05, 3.63) is 59.3 Å². The molecular formula is C20H24N2O2. The highest BCUT2D eigenvalue weighted by atomic mass is 16.5. The van der Waals surface area contributed by atoms with Gasteiger partial charge in [0.05, 0.1) is 12.6 Å². The average Bonchev–Trinajstić information content (AvgIpc) is 2.96. The molecule has 0 saturated heterocycles. The fourth-order valence-electron chi connectivity index (χ4n) is 3.28. The van der Waals surface area contributed by atoms with Gasteiger partial charge in [0.25, 0.3) is 0 Å². The van der Waals surface area contributed by atoms with Gasteiger partial charge in [0.2, 0.25) is 0 Å². The van der Waals surface area contributed by atoms with E-state index in [0.717, 1.165) is 5.56 Å². The second kappa shape index (κ2) is 6.57. The zero-order chi connectivity index (χ0) is 17.3. The van der Waals surface area contributed by atoms with Gasteiger partial charge in [-0.3, -0.25) is 4.90 Å². The Hall–Kier alpha value is -2.46. The number of H-pyrrole nitrogens is 1. The maximum atomic E-state index is 9.98. The number of phenolic OH excluding ortho intramolecular Hbond substituents is 1. The zero-order valence-electron chi connectivity index (χ0n) is 14.6. The van der Waals surface area contributed by atoms with E-state index in [1.165, 1.54) is 22.0 Å². The molecule has 1 unspecified atom stereocenters. The molecule has 2 aromatic carbocycles. The number of rotatable bonds is 5. The number of benzene rings is 2. The molecule has 1 heterocycles. The minimum absolute atomic E-state index is 0.0698. The Labute approximate surface area is 142 Å². The van der Waals surface area contributed by atoms with Gasteiger partial charge in [-0.1, -0.05) is 24.3 Å². The summed E-state index contributed by atoms with van der Waals surface area (Å²) in [6, 6.07) is 12.0. The lowest BCUT2D eigenvalue weighted by molar-refractivity contribution is 0.313. The number of fused-ring (bicyclic) bond motifs is 1. The van der Waals surface area contributed by atoms with Crippen LogP contribution in [0.2, 0.25) is 0 Å². The molecule has 1 atom stereocenters. The maximum Gasteiger partial charge on any atom is 0.161 e. The van der Waals surface area contributed by atoms with E-state index in [1.807, 2.05) is 19.1 Å². The second-order valence-corrected chi connectivity index (χ2v) is 6.27. The van der Waals surface area contributed by atoms with Crippen molar-refractivity contribution >= 4 is 10.9 Å². The van der Waals surface area contributed by atoms with Crippen LogP contribution in [0, 0.1) is 6.92 Å². The summed E-state index contributed by atoms with van der Waals surface area (Å²) in [7, 11) is 4.12. The number of phenols is 1. The molecule has 0 fully saturated rings. The Kier molecular flexibility index (Phi) is 4.49. The lowest BCUT2D eigenvalue weighted by Crippen LogP contribution is -2.21. The molecule has 0 spiro atoms. The number of aromatic nitrogens is 1. The molecule has 0 amide bonds.